The van der Waals surface area contributed by atoms with E-state index in [-0.39, 0.29) is 34.8 Å². The normalized spacial score (nSPS) is 22.9. The third-order valence-corrected chi connectivity index (χ3v) is 5.58. The van der Waals surface area contributed by atoms with Crippen molar-refractivity contribution in [2.24, 2.45) is 5.16 Å². The zero-order valence-corrected chi connectivity index (χ0v) is 16.9. The molecule has 1 saturated heterocycles. The van der Waals surface area contributed by atoms with Gasteiger partial charge in [-0.15, -0.1) is 11.8 Å². The summed E-state index contributed by atoms with van der Waals surface area (Å²) in [6, 6.07) is 3.68. The minimum Gasteiger partial charge on any atom is -0.477 e. The molecule has 1 fully saturated rings. The number of nitrogens with zero attached hydrogens (tertiary/aromatic N) is 3. The minimum atomic E-state index is -1.20. The number of nitrogens with one attached hydrogen (secondary N) is 2. The highest BCUT2D eigenvalue weighted by atomic mass is 32.2. The fourth-order valence-electron chi connectivity index (χ4n) is 2.98. The van der Waals surface area contributed by atoms with Crippen LogP contribution in [0.5, 0.6) is 0 Å². The molecule has 0 bridgehead atoms. The quantitative estimate of drug-likeness (QED) is 0.227. The third kappa shape index (κ3) is 4.13. The number of oxime groups is 1. The lowest BCUT2D eigenvalue weighted by molar-refractivity contribution is -0.150. The van der Waals surface area contributed by atoms with Crippen LogP contribution in [0.2, 0.25) is 0 Å². The van der Waals surface area contributed by atoms with E-state index < -0.39 is 29.2 Å². The van der Waals surface area contributed by atoms with E-state index in [2.05, 4.69) is 20.8 Å². The molecular formula is C18H19N5O6S. The van der Waals surface area contributed by atoms with E-state index in [4.69, 9.17) is 4.84 Å². The number of hydrogen-bond donors (Lipinski definition) is 3. The smallest absolute Gasteiger partial charge is 0.352 e. The second-order valence-electron chi connectivity index (χ2n) is 6.28. The summed E-state index contributed by atoms with van der Waals surface area (Å²) in [6.45, 7) is 3.69. The SMILES string of the molecule is CCON=C(C(=O)NC1C(=O)N2C(C(=O)O)=CC(C)S[C@@H]12)c1cccc(NC=O)n1. The Balaban J connectivity index is 1.81. The maximum Gasteiger partial charge on any atom is 0.352 e. The van der Waals surface area contributed by atoms with E-state index in [9.17, 15) is 24.3 Å². The molecule has 3 amide bonds. The Morgan fingerprint density at radius 3 is 2.87 bits per heavy atom. The maximum atomic E-state index is 12.9. The monoisotopic (exact) mass is 433 g/mol. The average molecular weight is 433 g/mol. The Hall–Kier alpha value is -3.41. The molecule has 1 aromatic rings. The van der Waals surface area contributed by atoms with Gasteiger partial charge in [0.1, 0.15) is 35.2 Å². The second-order valence-corrected chi connectivity index (χ2v) is 7.77. The Bertz CT molecular complexity index is 949. The Labute approximate surface area is 175 Å². The van der Waals surface area contributed by atoms with Crippen LogP contribution in [0.25, 0.3) is 0 Å². The van der Waals surface area contributed by atoms with Gasteiger partial charge in [-0.2, -0.15) is 0 Å². The van der Waals surface area contributed by atoms with E-state index in [0.717, 1.165) is 4.90 Å². The number of fused-ring (bicyclic) bond motifs is 1. The van der Waals surface area contributed by atoms with Crippen molar-refractivity contribution in [3.63, 3.8) is 0 Å². The first kappa shape index (κ1) is 21.3. The number of thioether (sulfide) groups is 1. The first-order valence-electron chi connectivity index (χ1n) is 8.99. The van der Waals surface area contributed by atoms with Gasteiger partial charge in [0.25, 0.3) is 11.8 Å². The molecule has 0 aromatic carbocycles. The number of carbonyl (C=O) groups is 4. The molecule has 2 aliphatic rings. The van der Waals surface area contributed by atoms with Gasteiger partial charge >= 0.3 is 5.97 Å². The molecule has 158 valence electrons. The van der Waals surface area contributed by atoms with Crippen LogP contribution in [0.15, 0.2) is 35.1 Å². The highest BCUT2D eigenvalue weighted by molar-refractivity contribution is 8.00. The molecule has 1 aromatic heterocycles. The van der Waals surface area contributed by atoms with Crippen LogP contribution in [0, 0.1) is 0 Å². The van der Waals surface area contributed by atoms with Crippen molar-refractivity contribution < 1.29 is 29.1 Å². The molecule has 0 saturated carbocycles. The molecular weight excluding hydrogens is 414 g/mol. The second kappa shape index (κ2) is 8.95. The van der Waals surface area contributed by atoms with Crippen molar-refractivity contribution in [2.75, 3.05) is 11.9 Å². The van der Waals surface area contributed by atoms with Crippen LogP contribution in [0.4, 0.5) is 5.82 Å². The topological polar surface area (TPSA) is 150 Å². The number of aliphatic carboxylic acids is 1. The van der Waals surface area contributed by atoms with Crippen LogP contribution >= 0.6 is 11.8 Å². The first-order valence-corrected chi connectivity index (χ1v) is 9.93. The fourth-order valence-corrected chi connectivity index (χ4v) is 4.31. The number of carbonyl (C=O) groups excluding carboxylic acids is 3. The van der Waals surface area contributed by atoms with E-state index >= 15 is 0 Å². The molecule has 2 unspecified atom stereocenters. The number of hydrogen-bond acceptors (Lipinski definition) is 8. The van der Waals surface area contributed by atoms with Crippen LogP contribution < -0.4 is 10.6 Å². The highest BCUT2D eigenvalue weighted by Gasteiger charge is 2.54. The van der Waals surface area contributed by atoms with Gasteiger partial charge in [-0.25, -0.2) is 9.78 Å². The predicted octanol–water partition coefficient (Wildman–Crippen LogP) is 0.147. The van der Waals surface area contributed by atoms with Crippen LogP contribution in [0.3, 0.4) is 0 Å². The van der Waals surface area contributed by atoms with Crippen LogP contribution in [0.1, 0.15) is 19.5 Å². The highest BCUT2D eigenvalue weighted by Crippen LogP contribution is 2.40. The summed E-state index contributed by atoms with van der Waals surface area (Å²) in [5.41, 5.74) is -0.146. The Morgan fingerprint density at radius 1 is 1.43 bits per heavy atom. The van der Waals surface area contributed by atoms with Gasteiger partial charge in [-0.05, 0) is 32.1 Å². The maximum absolute atomic E-state index is 12.9. The van der Waals surface area contributed by atoms with Gasteiger partial charge in [0.05, 0.1) is 0 Å². The van der Waals surface area contributed by atoms with Crippen molar-refractivity contribution in [2.45, 2.75) is 30.5 Å². The number of amides is 3. The van der Waals surface area contributed by atoms with Crippen molar-refractivity contribution in [3.8, 4) is 0 Å². The molecule has 3 rings (SSSR count). The van der Waals surface area contributed by atoms with E-state index in [0.29, 0.717) is 6.41 Å². The van der Waals surface area contributed by atoms with Crippen LogP contribution in [-0.2, 0) is 24.0 Å². The van der Waals surface area contributed by atoms with E-state index in [1.807, 2.05) is 6.92 Å². The average Bonchev–Trinajstić information content (AvgIpc) is 2.72. The lowest BCUT2D eigenvalue weighted by Gasteiger charge is -2.49. The molecule has 3 atom stereocenters. The molecule has 30 heavy (non-hydrogen) atoms. The van der Waals surface area contributed by atoms with E-state index in [1.54, 1.807) is 13.0 Å². The Morgan fingerprint density at radius 2 is 2.20 bits per heavy atom. The van der Waals surface area contributed by atoms with Crippen molar-refractivity contribution in [3.05, 3.63) is 35.7 Å². The summed E-state index contributed by atoms with van der Waals surface area (Å²) in [4.78, 5) is 57.8. The van der Waals surface area contributed by atoms with Gasteiger partial charge in [0.2, 0.25) is 6.41 Å². The molecule has 11 nitrogen and oxygen atoms in total. The lowest BCUT2D eigenvalue weighted by atomic mass is 10.0. The lowest BCUT2D eigenvalue weighted by Crippen LogP contribution is -2.71. The van der Waals surface area contributed by atoms with Gasteiger partial charge in [0.15, 0.2) is 5.71 Å². The van der Waals surface area contributed by atoms with Gasteiger partial charge in [-0.1, -0.05) is 11.2 Å². The summed E-state index contributed by atoms with van der Waals surface area (Å²) >= 11 is 1.36. The minimum absolute atomic E-state index is 0.0979. The van der Waals surface area contributed by atoms with Gasteiger partial charge in [-0.3, -0.25) is 19.3 Å². The third-order valence-electron chi connectivity index (χ3n) is 4.25. The fraction of sp³-hybridized carbons (Fsp3) is 0.333. The van der Waals surface area contributed by atoms with Gasteiger partial charge in [0, 0.05) is 5.25 Å². The van der Waals surface area contributed by atoms with E-state index in [1.165, 1.54) is 30.0 Å². The van der Waals surface area contributed by atoms with Crippen molar-refractivity contribution >= 4 is 47.5 Å². The summed E-state index contributed by atoms with van der Waals surface area (Å²) in [5.74, 6) is -2.23. The molecule has 3 heterocycles. The zero-order valence-electron chi connectivity index (χ0n) is 16.1. The van der Waals surface area contributed by atoms with Crippen molar-refractivity contribution in [1.82, 2.24) is 15.2 Å². The first-order chi connectivity index (χ1) is 14.4. The zero-order chi connectivity index (χ0) is 21.8. The number of pyridine rings is 1. The standard InChI is InChI=1S/C18H19N5O6S/c1-3-29-22-13(10-5-4-6-12(20-10)19-8-24)15(25)21-14-16(26)23-11(18(27)28)7-9(2)30-17(14)23/h4-9,14,17H,3H2,1-2H3,(H,21,25)(H,27,28)(H,19,20,24)/t9?,14?,17-/m0/s1. The number of anilines is 1. The molecule has 0 radical (unpaired) electrons. The van der Waals surface area contributed by atoms with Gasteiger partial charge < -0.3 is 20.6 Å². The number of carboxylic acids is 1. The molecule has 2 aliphatic heterocycles. The van der Waals surface area contributed by atoms with Crippen LogP contribution in [-0.4, -0.2) is 68.2 Å². The number of carboxylic acid groups (broad SMARTS) is 1. The molecule has 0 spiro atoms. The molecule has 3 N–H and O–H groups in total. The van der Waals surface area contributed by atoms with Crippen molar-refractivity contribution in [1.29, 1.82) is 0 Å². The summed E-state index contributed by atoms with van der Waals surface area (Å²) in [7, 11) is 0. The summed E-state index contributed by atoms with van der Waals surface area (Å²) in [5, 5.41) is 17.4. The number of aromatic nitrogens is 1. The Kier molecular flexibility index (Phi) is 6.35. The number of rotatable bonds is 8. The number of β-lactam (4-membered cyclic amide) rings is 1. The largest absolute Gasteiger partial charge is 0.477 e. The summed E-state index contributed by atoms with van der Waals surface area (Å²) < 4.78 is 0. The molecule has 12 heteroatoms. The molecule has 0 aliphatic carbocycles. The summed E-state index contributed by atoms with van der Waals surface area (Å²) in [6.07, 6.45) is 1.94. The predicted molar refractivity (Wildman–Crippen MR) is 107 cm³/mol.